The van der Waals surface area contributed by atoms with Crippen LogP contribution in [-0.2, 0) is 4.74 Å². The predicted molar refractivity (Wildman–Crippen MR) is 66.6 cm³/mol. The maximum atomic E-state index is 11.0. The first kappa shape index (κ1) is 13.5. The summed E-state index contributed by atoms with van der Waals surface area (Å²) in [5.74, 6) is -0.478. The van der Waals surface area contributed by atoms with Crippen LogP contribution in [0.25, 0.3) is 0 Å². The first-order chi connectivity index (χ1) is 8.49. The van der Waals surface area contributed by atoms with E-state index in [2.05, 4.69) is 0 Å². The lowest BCUT2D eigenvalue weighted by molar-refractivity contribution is -0.538. The Balaban J connectivity index is 2.35. The molecular formula is C11H11Cl2NO4. The largest absolute Gasteiger partial charge is 0.368 e. The fourth-order valence-corrected chi connectivity index (χ4v) is 2.66. The average Bonchev–Trinajstić information content (AvgIpc) is 2.28. The normalized spacial score (nSPS) is 28.1. The maximum Gasteiger partial charge on any atom is 0.243 e. The van der Waals surface area contributed by atoms with Crippen LogP contribution >= 0.6 is 23.2 Å². The molecular weight excluding hydrogens is 281 g/mol. The molecule has 0 amide bonds. The van der Waals surface area contributed by atoms with Crippen LogP contribution in [0.2, 0.25) is 10.0 Å². The highest BCUT2D eigenvalue weighted by Gasteiger charge is 2.40. The molecule has 1 heterocycles. The van der Waals surface area contributed by atoms with Crippen molar-refractivity contribution in [2.45, 2.75) is 24.7 Å². The molecule has 1 aliphatic rings. The SMILES string of the molecule is O=[N+]([O-])C1COC(O)CC1c1ccc(Cl)cc1Cl. The lowest BCUT2D eigenvalue weighted by Gasteiger charge is -2.29. The van der Waals surface area contributed by atoms with Crippen molar-refractivity contribution in [2.24, 2.45) is 0 Å². The van der Waals surface area contributed by atoms with E-state index in [1.807, 2.05) is 0 Å². The number of aliphatic hydroxyl groups excluding tert-OH is 1. The van der Waals surface area contributed by atoms with Crippen LogP contribution in [0.4, 0.5) is 0 Å². The Morgan fingerprint density at radius 1 is 1.44 bits per heavy atom. The second-order valence-corrected chi connectivity index (χ2v) is 4.99. The molecule has 1 saturated heterocycles. The minimum Gasteiger partial charge on any atom is -0.368 e. The molecule has 7 heteroatoms. The van der Waals surface area contributed by atoms with E-state index >= 15 is 0 Å². The van der Waals surface area contributed by atoms with E-state index in [-0.39, 0.29) is 13.0 Å². The number of benzene rings is 1. The van der Waals surface area contributed by atoms with E-state index < -0.39 is 23.2 Å². The smallest absolute Gasteiger partial charge is 0.243 e. The van der Waals surface area contributed by atoms with Gasteiger partial charge in [0.15, 0.2) is 6.29 Å². The number of halogens is 2. The minimum atomic E-state index is -1.00. The fourth-order valence-electron chi connectivity index (χ4n) is 2.11. The van der Waals surface area contributed by atoms with Crippen molar-refractivity contribution in [1.29, 1.82) is 0 Å². The average molecular weight is 292 g/mol. The van der Waals surface area contributed by atoms with E-state index in [0.29, 0.717) is 15.6 Å². The molecule has 98 valence electrons. The third-order valence-electron chi connectivity index (χ3n) is 3.01. The first-order valence-corrected chi connectivity index (χ1v) is 6.12. The van der Waals surface area contributed by atoms with Crippen LogP contribution in [0.15, 0.2) is 18.2 Å². The van der Waals surface area contributed by atoms with Gasteiger partial charge in [-0.15, -0.1) is 0 Å². The molecule has 1 aromatic rings. The highest BCUT2D eigenvalue weighted by Crippen LogP contribution is 2.36. The zero-order chi connectivity index (χ0) is 13.3. The van der Waals surface area contributed by atoms with Gasteiger partial charge in [-0.3, -0.25) is 10.1 Å². The summed E-state index contributed by atoms with van der Waals surface area (Å²) in [5, 5.41) is 21.3. The minimum absolute atomic E-state index is 0.127. The molecule has 18 heavy (non-hydrogen) atoms. The van der Waals surface area contributed by atoms with Crippen molar-refractivity contribution in [3.05, 3.63) is 43.9 Å². The summed E-state index contributed by atoms with van der Waals surface area (Å²) >= 11 is 11.8. The van der Waals surface area contributed by atoms with E-state index in [1.54, 1.807) is 12.1 Å². The number of hydrogen-bond donors (Lipinski definition) is 1. The monoisotopic (exact) mass is 291 g/mol. The number of aliphatic hydroxyl groups is 1. The van der Waals surface area contributed by atoms with Gasteiger partial charge in [0.2, 0.25) is 6.04 Å². The number of nitro groups is 1. The summed E-state index contributed by atoms with van der Waals surface area (Å²) in [6, 6.07) is 3.91. The van der Waals surface area contributed by atoms with Crippen molar-refractivity contribution in [2.75, 3.05) is 6.61 Å². The number of nitrogens with zero attached hydrogens (tertiary/aromatic N) is 1. The van der Waals surface area contributed by atoms with Gasteiger partial charge in [-0.05, 0) is 17.7 Å². The standard InChI is InChI=1S/C11H11Cl2NO4/c12-6-1-2-7(9(13)3-6)8-4-11(15)18-5-10(8)14(16)17/h1-3,8,10-11,15H,4-5H2. The molecule has 0 aromatic heterocycles. The molecule has 1 fully saturated rings. The van der Waals surface area contributed by atoms with E-state index in [0.717, 1.165) is 0 Å². The second kappa shape index (κ2) is 5.40. The molecule has 3 unspecified atom stereocenters. The van der Waals surface area contributed by atoms with Gasteiger partial charge in [-0.2, -0.15) is 0 Å². The van der Waals surface area contributed by atoms with E-state index in [4.69, 9.17) is 27.9 Å². The molecule has 1 aliphatic heterocycles. The van der Waals surface area contributed by atoms with E-state index in [9.17, 15) is 15.2 Å². The zero-order valence-corrected chi connectivity index (χ0v) is 10.8. The Bertz CT molecular complexity index is 468. The van der Waals surface area contributed by atoms with Gasteiger partial charge >= 0.3 is 0 Å². The summed E-state index contributed by atoms with van der Waals surface area (Å²) in [4.78, 5) is 10.6. The Hall–Kier alpha value is -0.880. The Labute approximate surface area is 113 Å². The maximum absolute atomic E-state index is 11.0. The Morgan fingerprint density at radius 2 is 2.17 bits per heavy atom. The molecule has 0 radical (unpaired) electrons. The third-order valence-corrected chi connectivity index (χ3v) is 3.57. The van der Waals surface area contributed by atoms with Gasteiger partial charge in [0.25, 0.3) is 0 Å². The van der Waals surface area contributed by atoms with Crippen molar-refractivity contribution >= 4 is 23.2 Å². The topological polar surface area (TPSA) is 72.6 Å². The lowest BCUT2D eigenvalue weighted by Crippen LogP contribution is -2.41. The van der Waals surface area contributed by atoms with E-state index in [1.165, 1.54) is 6.07 Å². The highest BCUT2D eigenvalue weighted by atomic mass is 35.5. The van der Waals surface area contributed by atoms with Gasteiger partial charge in [-0.25, -0.2) is 0 Å². The summed E-state index contributed by atoms with van der Waals surface area (Å²) < 4.78 is 4.91. The summed E-state index contributed by atoms with van der Waals surface area (Å²) in [7, 11) is 0. The molecule has 0 saturated carbocycles. The lowest BCUT2D eigenvalue weighted by atomic mass is 9.87. The molecule has 1 N–H and O–H groups in total. The van der Waals surface area contributed by atoms with Crippen LogP contribution in [0, 0.1) is 10.1 Å². The zero-order valence-electron chi connectivity index (χ0n) is 9.25. The highest BCUT2D eigenvalue weighted by molar-refractivity contribution is 6.35. The van der Waals surface area contributed by atoms with Gasteiger partial charge in [-0.1, -0.05) is 29.3 Å². The summed E-state index contributed by atoms with van der Waals surface area (Å²) in [5.41, 5.74) is 0.616. The molecule has 5 nitrogen and oxygen atoms in total. The van der Waals surface area contributed by atoms with Crippen LogP contribution in [0.1, 0.15) is 17.9 Å². The Kier molecular flexibility index (Phi) is 4.07. The quantitative estimate of drug-likeness (QED) is 0.671. The molecule has 0 aliphatic carbocycles. The first-order valence-electron chi connectivity index (χ1n) is 5.37. The molecule has 0 bridgehead atoms. The Morgan fingerprint density at radius 3 is 2.78 bits per heavy atom. The van der Waals surface area contributed by atoms with Gasteiger partial charge in [0.1, 0.15) is 6.61 Å². The summed E-state index contributed by atoms with van der Waals surface area (Å²) in [6.45, 7) is -0.127. The van der Waals surface area contributed by atoms with Crippen LogP contribution < -0.4 is 0 Å². The molecule has 0 spiro atoms. The predicted octanol–water partition coefficient (Wildman–Crippen LogP) is 2.46. The van der Waals surface area contributed by atoms with Crippen molar-refractivity contribution in [3.63, 3.8) is 0 Å². The number of ether oxygens (including phenoxy) is 1. The second-order valence-electron chi connectivity index (χ2n) is 4.15. The van der Waals surface area contributed by atoms with Gasteiger partial charge in [0.05, 0.1) is 5.92 Å². The molecule has 3 atom stereocenters. The van der Waals surface area contributed by atoms with Gasteiger partial charge < -0.3 is 9.84 Å². The van der Waals surface area contributed by atoms with Crippen molar-refractivity contribution in [1.82, 2.24) is 0 Å². The number of rotatable bonds is 2. The molecule has 1 aromatic carbocycles. The van der Waals surface area contributed by atoms with Crippen molar-refractivity contribution in [3.8, 4) is 0 Å². The number of hydrogen-bond acceptors (Lipinski definition) is 4. The molecule has 2 rings (SSSR count). The fraction of sp³-hybridized carbons (Fsp3) is 0.455. The van der Waals surface area contributed by atoms with Crippen LogP contribution in [-0.4, -0.2) is 29.0 Å². The van der Waals surface area contributed by atoms with Crippen LogP contribution in [0.5, 0.6) is 0 Å². The van der Waals surface area contributed by atoms with Crippen molar-refractivity contribution < 1.29 is 14.8 Å². The summed E-state index contributed by atoms with van der Waals surface area (Å²) in [6.07, 6.45) is -0.856. The van der Waals surface area contributed by atoms with Gasteiger partial charge in [0, 0.05) is 21.4 Å². The van der Waals surface area contributed by atoms with Crippen LogP contribution in [0.3, 0.4) is 0 Å². The third kappa shape index (κ3) is 2.75.